The third-order valence-electron chi connectivity index (χ3n) is 2.65. The Morgan fingerprint density at radius 2 is 2.38 bits per heavy atom. The normalized spacial score (nSPS) is 12.9. The second-order valence-electron chi connectivity index (χ2n) is 4.08. The van der Waals surface area contributed by atoms with Crippen LogP contribution in [0.3, 0.4) is 0 Å². The fraction of sp³-hybridized carbons (Fsp3) is 0.417. The lowest BCUT2D eigenvalue weighted by molar-refractivity contribution is 0.282. The van der Waals surface area contributed by atoms with Gasteiger partial charge in [-0.1, -0.05) is 0 Å². The van der Waals surface area contributed by atoms with Crippen molar-refractivity contribution in [3.8, 4) is 0 Å². The molecule has 4 nitrogen and oxygen atoms in total. The molecule has 0 radical (unpaired) electrons. The van der Waals surface area contributed by atoms with Crippen molar-refractivity contribution in [3.63, 3.8) is 0 Å². The van der Waals surface area contributed by atoms with Crippen molar-refractivity contribution >= 4 is 16.6 Å². The molecule has 3 N–H and O–H groups in total. The molecule has 1 heterocycles. The summed E-state index contributed by atoms with van der Waals surface area (Å²) in [4.78, 5) is 0. The van der Waals surface area contributed by atoms with Gasteiger partial charge in [0.1, 0.15) is 0 Å². The number of rotatable bonds is 5. The quantitative estimate of drug-likeness (QED) is 0.722. The van der Waals surface area contributed by atoms with Gasteiger partial charge in [0.05, 0.1) is 11.7 Å². The SMILES string of the molecule is CC(CCCO)Nc1ccc2[nH]ncc2c1. The van der Waals surface area contributed by atoms with Crippen LogP contribution in [0.2, 0.25) is 0 Å². The van der Waals surface area contributed by atoms with Crippen molar-refractivity contribution in [1.82, 2.24) is 10.2 Å². The second kappa shape index (κ2) is 4.99. The Balaban J connectivity index is 2.03. The fourth-order valence-electron chi connectivity index (χ4n) is 1.79. The predicted molar refractivity (Wildman–Crippen MR) is 65.5 cm³/mol. The van der Waals surface area contributed by atoms with Crippen molar-refractivity contribution < 1.29 is 5.11 Å². The van der Waals surface area contributed by atoms with E-state index in [-0.39, 0.29) is 6.61 Å². The number of anilines is 1. The number of aliphatic hydroxyl groups is 1. The van der Waals surface area contributed by atoms with Crippen LogP contribution in [0.5, 0.6) is 0 Å². The molecule has 0 bridgehead atoms. The van der Waals surface area contributed by atoms with Gasteiger partial charge >= 0.3 is 0 Å². The summed E-state index contributed by atoms with van der Waals surface area (Å²) < 4.78 is 0. The summed E-state index contributed by atoms with van der Waals surface area (Å²) in [5, 5.41) is 20.2. The van der Waals surface area contributed by atoms with Gasteiger partial charge in [0, 0.05) is 23.7 Å². The van der Waals surface area contributed by atoms with Crippen molar-refractivity contribution in [1.29, 1.82) is 0 Å². The molecule has 1 atom stereocenters. The lowest BCUT2D eigenvalue weighted by Crippen LogP contribution is -2.15. The van der Waals surface area contributed by atoms with Crippen LogP contribution in [0.1, 0.15) is 19.8 Å². The first-order chi connectivity index (χ1) is 7.79. The van der Waals surface area contributed by atoms with E-state index in [9.17, 15) is 0 Å². The summed E-state index contributed by atoms with van der Waals surface area (Å²) in [6.45, 7) is 2.38. The summed E-state index contributed by atoms with van der Waals surface area (Å²) in [7, 11) is 0. The average Bonchev–Trinajstić information content (AvgIpc) is 2.73. The third-order valence-corrected chi connectivity index (χ3v) is 2.65. The van der Waals surface area contributed by atoms with Gasteiger partial charge in [-0.25, -0.2) is 0 Å². The molecule has 2 aromatic rings. The Morgan fingerprint density at radius 1 is 1.50 bits per heavy atom. The molecule has 2 rings (SSSR count). The molecular formula is C12H17N3O. The average molecular weight is 219 g/mol. The van der Waals surface area contributed by atoms with E-state index in [2.05, 4.69) is 28.5 Å². The first-order valence-corrected chi connectivity index (χ1v) is 5.60. The van der Waals surface area contributed by atoms with Crippen LogP contribution in [0, 0.1) is 0 Å². The molecule has 1 aromatic carbocycles. The van der Waals surface area contributed by atoms with Crippen molar-refractivity contribution in [2.45, 2.75) is 25.8 Å². The number of aromatic amines is 1. The highest BCUT2D eigenvalue weighted by molar-refractivity contribution is 5.81. The standard InChI is InChI=1S/C12H17N3O/c1-9(3-2-6-16)14-11-4-5-12-10(7-11)8-13-15-12/h4-5,7-9,14,16H,2-3,6H2,1H3,(H,13,15). The zero-order valence-corrected chi connectivity index (χ0v) is 9.40. The number of aliphatic hydroxyl groups excluding tert-OH is 1. The lowest BCUT2D eigenvalue weighted by atomic mass is 10.1. The van der Waals surface area contributed by atoms with Gasteiger partial charge in [-0.05, 0) is 38.0 Å². The Hall–Kier alpha value is -1.55. The van der Waals surface area contributed by atoms with E-state index >= 15 is 0 Å². The molecule has 4 heteroatoms. The number of benzene rings is 1. The Bertz CT molecular complexity index is 452. The number of aromatic nitrogens is 2. The second-order valence-corrected chi connectivity index (χ2v) is 4.08. The van der Waals surface area contributed by atoms with E-state index < -0.39 is 0 Å². The highest BCUT2D eigenvalue weighted by Gasteiger charge is 2.02. The van der Waals surface area contributed by atoms with Crippen LogP contribution in [0.15, 0.2) is 24.4 Å². The molecule has 1 unspecified atom stereocenters. The van der Waals surface area contributed by atoms with E-state index in [0.717, 1.165) is 29.4 Å². The van der Waals surface area contributed by atoms with E-state index in [1.807, 2.05) is 18.3 Å². The Kier molecular flexibility index (Phi) is 3.41. The number of nitrogens with one attached hydrogen (secondary N) is 2. The molecule has 0 amide bonds. The van der Waals surface area contributed by atoms with Crippen LogP contribution >= 0.6 is 0 Å². The van der Waals surface area contributed by atoms with E-state index in [0.29, 0.717) is 6.04 Å². The topological polar surface area (TPSA) is 60.9 Å². The van der Waals surface area contributed by atoms with Crippen molar-refractivity contribution in [3.05, 3.63) is 24.4 Å². The summed E-state index contributed by atoms with van der Waals surface area (Å²) in [5.74, 6) is 0. The zero-order chi connectivity index (χ0) is 11.4. The zero-order valence-electron chi connectivity index (χ0n) is 9.40. The minimum atomic E-state index is 0.257. The number of H-pyrrole nitrogens is 1. The minimum Gasteiger partial charge on any atom is -0.396 e. The molecular weight excluding hydrogens is 202 g/mol. The van der Waals surface area contributed by atoms with Gasteiger partial charge in [-0.2, -0.15) is 5.10 Å². The first kappa shape index (κ1) is 11.0. The maximum atomic E-state index is 8.75. The number of nitrogens with zero attached hydrogens (tertiary/aromatic N) is 1. The fourth-order valence-corrected chi connectivity index (χ4v) is 1.79. The van der Waals surface area contributed by atoms with Gasteiger partial charge in [0.15, 0.2) is 0 Å². The van der Waals surface area contributed by atoms with Gasteiger partial charge in [0.2, 0.25) is 0 Å². The van der Waals surface area contributed by atoms with Crippen LogP contribution in [0.25, 0.3) is 10.9 Å². The highest BCUT2D eigenvalue weighted by Crippen LogP contribution is 2.18. The number of hydrogen-bond acceptors (Lipinski definition) is 3. The molecule has 0 aliphatic carbocycles. The van der Waals surface area contributed by atoms with E-state index in [1.54, 1.807) is 0 Å². The van der Waals surface area contributed by atoms with Crippen LogP contribution in [0.4, 0.5) is 5.69 Å². The van der Waals surface area contributed by atoms with Gasteiger partial charge in [0.25, 0.3) is 0 Å². The summed E-state index contributed by atoms with van der Waals surface area (Å²) in [6.07, 6.45) is 3.63. The summed E-state index contributed by atoms with van der Waals surface area (Å²) in [6, 6.07) is 6.50. The molecule has 0 saturated heterocycles. The van der Waals surface area contributed by atoms with Crippen molar-refractivity contribution in [2.75, 3.05) is 11.9 Å². The Labute approximate surface area is 94.7 Å². The maximum absolute atomic E-state index is 8.75. The summed E-state index contributed by atoms with van der Waals surface area (Å²) >= 11 is 0. The van der Waals surface area contributed by atoms with Crippen LogP contribution in [-0.2, 0) is 0 Å². The van der Waals surface area contributed by atoms with E-state index in [1.165, 1.54) is 0 Å². The highest BCUT2D eigenvalue weighted by atomic mass is 16.2. The predicted octanol–water partition coefficient (Wildman–Crippen LogP) is 2.14. The molecule has 16 heavy (non-hydrogen) atoms. The first-order valence-electron chi connectivity index (χ1n) is 5.60. The molecule has 0 spiro atoms. The largest absolute Gasteiger partial charge is 0.396 e. The van der Waals surface area contributed by atoms with E-state index in [4.69, 9.17) is 5.11 Å². The smallest absolute Gasteiger partial charge is 0.0651 e. The number of hydrogen-bond donors (Lipinski definition) is 3. The van der Waals surface area contributed by atoms with Crippen molar-refractivity contribution in [2.24, 2.45) is 0 Å². The maximum Gasteiger partial charge on any atom is 0.0651 e. The molecule has 0 fully saturated rings. The van der Waals surface area contributed by atoms with Gasteiger partial charge < -0.3 is 10.4 Å². The Morgan fingerprint density at radius 3 is 3.19 bits per heavy atom. The van der Waals surface area contributed by atoms with Crippen LogP contribution in [-0.4, -0.2) is 28.0 Å². The molecule has 1 aromatic heterocycles. The molecule has 0 saturated carbocycles. The lowest BCUT2D eigenvalue weighted by Gasteiger charge is -2.14. The monoisotopic (exact) mass is 219 g/mol. The summed E-state index contributed by atoms with van der Waals surface area (Å²) in [5.41, 5.74) is 2.15. The van der Waals surface area contributed by atoms with Gasteiger partial charge in [-0.15, -0.1) is 0 Å². The third kappa shape index (κ3) is 2.52. The van der Waals surface area contributed by atoms with Crippen LogP contribution < -0.4 is 5.32 Å². The molecule has 86 valence electrons. The number of fused-ring (bicyclic) bond motifs is 1. The molecule has 0 aliphatic rings. The minimum absolute atomic E-state index is 0.257. The molecule has 0 aliphatic heterocycles. The van der Waals surface area contributed by atoms with Gasteiger partial charge in [-0.3, -0.25) is 5.10 Å².